The summed E-state index contributed by atoms with van der Waals surface area (Å²) in [4.78, 5) is 10.8. The van der Waals surface area contributed by atoms with Gasteiger partial charge in [-0.2, -0.15) is 0 Å². The summed E-state index contributed by atoms with van der Waals surface area (Å²) in [5.41, 5.74) is 2.11. The summed E-state index contributed by atoms with van der Waals surface area (Å²) in [6, 6.07) is 4.23. The molecule has 0 aromatic heterocycles. The van der Waals surface area contributed by atoms with Gasteiger partial charge in [-0.1, -0.05) is 12.1 Å². The van der Waals surface area contributed by atoms with Crippen LogP contribution in [0.4, 0.5) is 4.39 Å². The predicted octanol–water partition coefficient (Wildman–Crippen LogP) is 2.44. The van der Waals surface area contributed by atoms with Gasteiger partial charge in [0.25, 0.3) is 0 Å². The minimum atomic E-state index is -0.391. The molecule has 0 fully saturated rings. The van der Waals surface area contributed by atoms with E-state index in [1.54, 1.807) is 6.07 Å². The monoisotopic (exact) mass is 206 g/mol. The minimum absolute atomic E-state index is 0.381. The van der Waals surface area contributed by atoms with Crippen molar-refractivity contribution in [3.05, 3.63) is 41.2 Å². The summed E-state index contributed by atoms with van der Waals surface area (Å²) in [5, 5.41) is 0. The van der Waals surface area contributed by atoms with Crippen molar-refractivity contribution in [2.75, 3.05) is 13.2 Å². The van der Waals surface area contributed by atoms with E-state index in [2.05, 4.69) is 0 Å². The van der Waals surface area contributed by atoms with Gasteiger partial charge in [-0.25, -0.2) is 4.39 Å². The predicted molar refractivity (Wildman–Crippen MR) is 55.2 cm³/mol. The Labute approximate surface area is 87.4 Å². The highest BCUT2D eigenvalue weighted by Gasteiger charge is 2.11. The fraction of sp³-hybridized carbons (Fsp3) is 0.250. The highest BCUT2D eigenvalue weighted by atomic mass is 19.1. The first-order valence-electron chi connectivity index (χ1n) is 4.83. The molecule has 1 heterocycles. The van der Waals surface area contributed by atoms with Crippen LogP contribution in [0.1, 0.15) is 22.3 Å². The van der Waals surface area contributed by atoms with E-state index in [0.29, 0.717) is 25.1 Å². The van der Waals surface area contributed by atoms with Gasteiger partial charge in [0.15, 0.2) is 6.29 Å². The number of hydrogen-bond acceptors (Lipinski definition) is 2. The molecule has 0 saturated heterocycles. The average Bonchev–Trinajstić information content (AvgIpc) is 2.30. The van der Waals surface area contributed by atoms with Crippen LogP contribution in [0.2, 0.25) is 0 Å². The van der Waals surface area contributed by atoms with Crippen LogP contribution < -0.4 is 0 Å². The van der Waals surface area contributed by atoms with Crippen molar-refractivity contribution in [3.8, 4) is 0 Å². The first kappa shape index (κ1) is 10.1. The van der Waals surface area contributed by atoms with Gasteiger partial charge in [-0.05, 0) is 29.7 Å². The summed E-state index contributed by atoms with van der Waals surface area (Å²) in [7, 11) is 0. The maximum Gasteiger partial charge on any atom is 0.150 e. The summed E-state index contributed by atoms with van der Waals surface area (Å²) < 4.78 is 18.2. The van der Waals surface area contributed by atoms with Crippen molar-refractivity contribution in [2.45, 2.75) is 6.42 Å². The molecule has 0 aliphatic carbocycles. The van der Waals surface area contributed by atoms with E-state index in [1.807, 2.05) is 6.08 Å². The van der Waals surface area contributed by atoms with Crippen LogP contribution in [0.25, 0.3) is 5.57 Å². The molecule has 0 saturated carbocycles. The summed E-state index contributed by atoms with van der Waals surface area (Å²) in [6.45, 7) is 1.20. The lowest BCUT2D eigenvalue weighted by Gasteiger charge is -2.15. The number of aldehydes is 1. The normalized spacial score (nSPS) is 15.9. The van der Waals surface area contributed by atoms with E-state index in [0.717, 1.165) is 17.6 Å². The summed E-state index contributed by atoms with van der Waals surface area (Å²) >= 11 is 0. The number of rotatable bonds is 2. The van der Waals surface area contributed by atoms with Crippen molar-refractivity contribution in [2.24, 2.45) is 0 Å². The first-order valence-corrected chi connectivity index (χ1v) is 4.83. The van der Waals surface area contributed by atoms with E-state index in [9.17, 15) is 9.18 Å². The molecule has 1 aromatic rings. The fourth-order valence-electron chi connectivity index (χ4n) is 1.67. The Bertz CT molecular complexity index is 410. The molecule has 1 aromatic carbocycles. The maximum atomic E-state index is 12.9. The van der Waals surface area contributed by atoms with Crippen molar-refractivity contribution in [3.63, 3.8) is 0 Å². The SMILES string of the molecule is O=Cc1cc(F)ccc1C1=CCCOC1. The quantitative estimate of drug-likeness (QED) is 0.695. The molecule has 1 aliphatic rings. The van der Waals surface area contributed by atoms with E-state index in [1.165, 1.54) is 12.1 Å². The van der Waals surface area contributed by atoms with Gasteiger partial charge >= 0.3 is 0 Å². The topological polar surface area (TPSA) is 26.3 Å². The number of hydrogen-bond donors (Lipinski definition) is 0. The minimum Gasteiger partial charge on any atom is -0.376 e. The van der Waals surface area contributed by atoms with Crippen LogP contribution in [-0.2, 0) is 4.74 Å². The number of benzene rings is 1. The summed E-state index contributed by atoms with van der Waals surface area (Å²) in [5.74, 6) is -0.391. The van der Waals surface area contributed by atoms with Crippen LogP contribution in [0.3, 0.4) is 0 Å². The fourth-order valence-corrected chi connectivity index (χ4v) is 1.67. The molecule has 78 valence electrons. The van der Waals surface area contributed by atoms with E-state index in [-0.39, 0.29) is 0 Å². The third kappa shape index (κ3) is 2.13. The van der Waals surface area contributed by atoms with Crippen molar-refractivity contribution >= 4 is 11.9 Å². The van der Waals surface area contributed by atoms with Crippen molar-refractivity contribution in [1.29, 1.82) is 0 Å². The zero-order valence-corrected chi connectivity index (χ0v) is 8.20. The van der Waals surface area contributed by atoms with E-state index < -0.39 is 5.82 Å². The summed E-state index contributed by atoms with van der Waals surface area (Å²) in [6.07, 6.45) is 3.54. The van der Waals surface area contributed by atoms with Crippen LogP contribution in [0, 0.1) is 5.82 Å². The van der Waals surface area contributed by atoms with Crippen LogP contribution in [-0.4, -0.2) is 19.5 Å². The molecule has 2 nitrogen and oxygen atoms in total. The molecule has 0 bridgehead atoms. The molecule has 2 rings (SSSR count). The molecule has 0 radical (unpaired) electrons. The zero-order chi connectivity index (χ0) is 10.7. The third-order valence-corrected chi connectivity index (χ3v) is 2.40. The molecule has 0 spiro atoms. The lowest BCUT2D eigenvalue weighted by Crippen LogP contribution is -2.07. The van der Waals surface area contributed by atoms with E-state index in [4.69, 9.17) is 4.74 Å². The van der Waals surface area contributed by atoms with E-state index >= 15 is 0 Å². The number of halogens is 1. The molecule has 15 heavy (non-hydrogen) atoms. The second kappa shape index (κ2) is 4.36. The standard InChI is InChI=1S/C12H11FO2/c13-11-3-4-12(10(6-11)7-14)9-2-1-5-15-8-9/h2-4,6-7H,1,5,8H2. The van der Waals surface area contributed by atoms with Gasteiger partial charge < -0.3 is 4.74 Å². The molecule has 3 heteroatoms. The van der Waals surface area contributed by atoms with Crippen LogP contribution in [0.15, 0.2) is 24.3 Å². The van der Waals surface area contributed by atoms with Gasteiger partial charge in [-0.15, -0.1) is 0 Å². The molecular formula is C12H11FO2. The lowest BCUT2D eigenvalue weighted by atomic mass is 9.99. The average molecular weight is 206 g/mol. The second-order valence-corrected chi connectivity index (χ2v) is 3.42. The highest BCUT2D eigenvalue weighted by molar-refractivity contribution is 5.85. The van der Waals surface area contributed by atoms with Crippen molar-refractivity contribution in [1.82, 2.24) is 0 Å². The number of ether oxygens (including phenoxy) is 1. The molecular weight excluding hydrogens is 195 g/mol. The van der Waals surface area contributed by atoms with Gasteiger partial charge in [0.05, 0.1) is 13.2 Å². The Kier molecular flexibility index (Phi) is 2.92. The zero-order valence-electron chi connectivity index (χ0n) is 8.20. The molecule has 0 unspecified atom stereocenters. The lowest BCUT2D eigenvalue weighted by molar-refractivity contribution is 0.112. The van der Waals surface area contributed by atoms with Gasteiger partial charge in [0, 0.05) is 5.56 Å². The van der Waals surface area contributed by atoms with Crippen LogP contribution in [0.5, 0.6) is 0 Å². The molecule has 0 N–H and O–H groups in total. The Morgan fingerprint density at radius 3 is 2.93 bits per heavy atom. The largest absolute Gasteiger partial charge is 0.376 e. The van der Waals surface area contributed by atoms with Gasteiger partial charge in [-0.3, -0.25) is 4.79 Å². The maximum absolute atomic E-state index is 12.9. The smallest absolute Gasteiger partial charge is 0.150 e. The Morgan fingerprint density at radius 1 is 1.40 bits per heavy atom. The Balaban J connectivity index is 2.42. The molecule has 0 atom stereocenters. The highest BCUT2D eigenvalue weighted by Crippen LogP contribution is 2.22. The van der Waals surface area contributed by atoms with Gasteiger partial charge in [0.2, 0.25) is 0 Å². The first-order chi connectivity index (χ1) is 7.31. The Hall–Kier alpha value is -1.48. The second-order valence-electron chi connectivity index (χ2n) is 3.42. The molecule has 0 amide bonds. The third-order valence-electron chi connectivity index (χ3n) is 2.40. The number of carbonyl (C=O) groups excluding carboxylic acids is 1. The van der Waals surface area contributed by atoms with Crippen LogP contribution >= 0.6 is 0 Å². The van der Waals surface area contributed by atoms with Gasteiger partial charge in [0.1, 0.15) is 5.82 Å². The number of carbonyl (C=O) groups is 1. The van der Waals surface area contributed by atoms with Crippen molar-refractivity contribution < 1.29 is 13.9 Å². The molecule has 1 aliphatic heterocycles. The Morgan fingerprint density at radius 2 is 2.27 bits per heavy atom.